The van der Waals surface area contributed by atoms with Crippen molar-refractivity contribution in [1.82, 2.24) is 20.0 Å². The van der Waals surface area contributed by atoms with E-state index < -0.39 is 17.5 Å². The average molecular weight is 415 g/mol. The van der Waals surface area contributed by atoms with Gasteiger partial charge in [-0.25, -0.2) is 9.48 Å². The number of anilines is 1. The van der Waals surface area contributed by atoms with Crippen LogP contribution in [0.15, 0.2) is 60.7 Å². The molecule has 4 amide bonds. The third kappa shape index (κ3) is 3.07. The normalized spacial score (nSPS) is 19.6. The number of para-hydroxylation sites is 1. The lowest BCUT2D eigenvalue weighted by atomic mass is 9.92. The van der Waals surface area contributed by atoms with E-state index in [4.69, 9.17) is 0 Å². The van der Waals surface area contributed by atoms with Gasteiger partial charge in [0.2, 0.25) is 5.91 Å². The van der Waals surface area contributed by atoms with Crippen molar-refractivity contribution in [2.24, 2.45) is 0 Å². The van der Waals surface area contributed by atoms with Crippen molar-refractivity contribution in [3.63, 3.8) is 0 Å². The summed E-state index contributed by atoms with van der Waals surface area (Å²) in [5.41, 5.74) is 2.31. The number of aryl methyl sites for hydroxylation is 2. The van der Waals surface area contributed by atoms with Crippen molar-refractivity contribution in [2.75, 3.05) is 11.9 Å². The minimum Gasteiger partial charge on any atom is -0.319 e. The Labute approximate surface area is 178 Å². The summed E-state index contributed by atoms with van der Waals surface area (Å²) in [7, 11) is 0. The number of fused-ring (bicyclic) bond motifs is 2. The van der Waals surface area contributed by atoms with Gasteiger partial charge in [0, 0.05) is 6.07 Å². The number of imide groups is 1. The SMILES string of the molecule is Cc1cc(NC(=O)CN2C(=O)NC3(CCc4ccccc43)C2=O)n(-c2ccccc2)n1. The van der Waals surface area contributed by atoms with Gasteiger partial charge in [-0.15, -0.1) is 0 Å². The zero-order chi connectivity index (χ0) is 21.6. The zero-order valence-corrected chi connectivity index (χ0v) is 17.0. The summed E-state index contributed by atoms with van der Waals surface area (Å²) in [6.07, 6.45) is 1.20. The molecule has 1 aliphatic carbocycles. The van der Waals surface area contributed by atoms with Crippen LogP contribution in [0.25, 0.3) is 5.69 Å². The van der Waals surface area contributed by atoms with Crippen LogP contribution in [0, 0.1) is 6.92 Å². The molecule has 1 unspecified atom stereocenters. The molecule has 2 N–H and O–H groups in total. The van der Waals surface area contributed by atoms with Gasteiger partial charge in [0.1, 0.15) is 17.9 Å². The molecule has 0 radical (unpaired) electrons. The van der Waals surface area contributed by atoms with E-state index in [1.54, 1.807) is 10.7 Å². The van der Waals surface area contributed by atoms with Gasteiger partial charge in [0.25, 0.3) is 5.91 Å². The standard InChI is InChI=1S/C23H21N5O3/c1-15-13-19(28(26-15)17-8-3-2-4-9-17)24-20(29)14-27-21(30)23(25-22(27)31)12-11-16-7-5-6-10-18(16)23/h2-10,13H,11-12,14H2,1H3,(H,24,29)(H,25,31). The molecule has 8 heteroatoms. The maximum atomic E-state index is 13.2. The highest BCUT2D eigenvalue weighted by Gasteiger charge is 2.55. The highest BCUT2D eigenvalue weighted by Crippen LogP contribution is 2.41. The van der Waals surface area contributed by atoms with Crippen LogP contribution < -0.4 is 10.6 Å². The summed E-state index contributed by atoms with van der Waals surface area (Å²) in [6.45, 7) is 1.46. The third-order valence-corrected chi connectivity index (χ3v) is 5.82. The minimum absolute atomic E-state index is 0.367. The Balaban J connectivity index is 1.36. The molecule has 2 heterocycles. The van der Waals surface area contributed by atoms with Crippen LogP contribution in [-0.2, 0) is 21.5 Å². The van der Waals surface area contributed by atoms with Gasteiger partial charge in [-0.3, -0.25) is 14.5 Å². The summed E-state index contributed by atoms with van der Waals surface area (Å²) in [5, 5.41) is 10.0. The van der Waals surface area contributed by atoms with Gasteiger partial charge >= 0.3 is 6.03 Å². The molecule has 1 spiro atoms. The molecule has 2 aromatic carbocycles. The molecule has 1 atom stereocenters. The van der Waals surface area contributed by atoms with Crippen molar-refractivity contribution < 1.29 is 14.4 Å². The molecule has 2 aliphatic rings. The van der Waals surface area contributed by atoms with E-state index in [2.05, 4.69) is 15.7 Å². The maximum absolute atomic E-state index is 13.2. The Morgan fingerprint density at radius 1 is 1.13 bits per heavy atom. The monoisotopic (exact) mass is 415 g/mol. The minimum atomic E-state index is -1.07. The first-order valence-electron chi connectivity index (χ1n) is 10.1. The first-order chi connectivity index (χ1) is 15.0. The summed E-state index contributed by atoms with van der Waals surface area (Å²) < 4.78 is 1.62. The quantitative estimate of drug-likeness (QED) is 0.640. The number of amides is 4. The molecule has 0 bridgehead atoms. The van der Waals surface area contributed by atoms with Gasteiger partial charge in [-0.05, 0) is 43.0 Å². The van der Waals surface area contributed by atoms with Crippen LogP contribution in [0.3, 0.4) is 0 Å². The van der Waals surface area contributed by atoms with Crippen molar-refractivity contribution in [3.8, 4) is 5.69 Å². The molecule has 1 aromatic heterocycles. The van der Waals surface area contributed by atoms with Crippen LogP contribution in [0.2, 0.25) is 0 Å². The second-order valence-corrected chi connectivity index (χ2v) is 7.85. The number of benzene rings is 2. The van der Waals surface area contributed by atoms with Crippen molar-refractivity contribution in [3.05, 3.63) is 77.5 Å². The number of urea groups is 1. The van der Waals surface area contributed by atoms with Crippen LogP contribution in [0.1, 0.15) is 23.2 Å². The summed E-state index contributed by atoms with van der Waals surface area (Å²) in [4.78, 5) is 39.6. The molecule has 1 saturated heterocycles. The molecule has 0 saturated carbocycles. The van der Waals surface area contributed by atoms with Crippen LogP contribution >= 0.6 is 0 Å². The van der Waals surface area contributed by atoms with Gasteiger partial charge in [-0.2, -0.15) is 5.10 Å². The van der Waals surface area contributed by atoms with Crippen LogP contribution in [-0.4, -0.2) is 39.1 Å². The highest BCUT2D eigenvalue weighted by molar-refractivity contribution is 6.10. The largest absolute Gasteiger partial charge is 0.325 e. The number of carbonyl (C=O) groups excluding carboxylic acids is 3. The average Bonchev–Trinajstić information content (AvgIpc) is 3.40. The van der Waals surface area contributed by atoms with E-state index in [1.807, 2.05) is 61.5 Å². The zero-order valence-electron chi connectivity index (χ0n) is 17.0. The molecule has 156 valence electrons. The van der Waals surface area contributed by atoms with Gasteiger partial charge in [-0.1, -0.05) is 42.5 Å². The van der Waals surface area contributed by atoms with E-state index in [0.29, 0.717) is 18.7 Å². The van der Waals surface area contributed by atoms with Crippen LogP contribution in [0.4, 0.5) is 10.6 Å². The molecule has 1 fully saturated rings. The van der Waals surface area contributed by atoms with E-state index in [9.17, 15) is 14.4 Å². The smallest absolute Gasteiger partial charge is 0.319 e. The molecule has 5 rings (SSSR count). The second kappa shape index (κ2) is 7.09. The fraction of sp³-hybridized carbons (Fsp3) is 0.217. The van der Waals surface area contributed by atoms with Gasteiger partial charge < -0.3 is 10.6 Å². The Kier molecular flexibility index (Phi) is 4.35. The molecule has 3 aromatic rings. The molecular formula is C23H21N5O3. The topological polar surface area (TPSA) is 96.3 Å². The van der Waals surface area contributed by atoms with Gasteiger partial charge in [0.15, 0.2) is 0 Å². The molecule has 8 nitrogen and oxygen atoms in total. The Morgan fingerprint density at radius 3 is 2.68 bits per heavy atom. The summed E-state index contributed by atoms with van der Waals surface area (Å²) in [6, 6.07) is 18.2. The Morgan fingerprint density at radius 2 is 1.87 bits per heavy atom. The molecule has 31 heavy (non-hydrogen) atoms. The lowest BCUT2D eigenvalue weighted by molar-refractivity contribution is -0.134. The van der Waals surface area contributed by atoms with E-state index in [-0.39, 0.29) is 12.5 Å². The number of nitrogens with zero attached hydrogens (tertiary/aromatic N) is 3. The fourth-order valence-electron chi connectivity index (χ4n) is 4.41. The number of hydrogen-bond acceptors (Lipinski definition) is 4. The Bertz CT molecular complexity index is 1200. The number of hydrogen-bond donors (Lipinski definition) is 2. The lowest BCUT2D eigenvalue weighted by Gasteiger charge is -2.22. The van der Waals surface area contributed by atoms with Crippen LogP contribution in [0.5, 0.6) is 0 Å². The second-order valence-electron chi connectivity index (χ2n) is 7.85. The number of rotatable bonds is 4. The first-order valence-corrected chi connectivity index (χ1v) is 10.1. The number of carbonyl (C=O) groups is 3. The predicted molar refractivity (Wildman–Crippen MR) is 114 cm³/mol. The lowest BCUT2D eigenvalue weighted by Crippen LogP contribution is -2.43. The van der Waals surface area contributed by atoms with Gasteiger partial charge in [0.05, 0.1) is 11.4 Å². The predicted octanol–water partition coefficient (Wildman–Crippen LogP) is 2.51. The Hall–Kier alpha value is -3.94. The van der Waals surface area contributed by atoms with Crippen molar-refractivity contribution in [2.45, 2.75) is 25.3 Å². The van der Waals surface area contributed by atoms with E-state index in [1.165, 1.54) is 0 Å². The van der Waals surface area contributed by atoms with Crippen molar-refractivity contribution >= 4 is 23.7 Å². The van der Waals surface area contributed by atoms with Crippen molar-refractivity contribution in [1.29, 1.82) is 0 Å². The summed E-state index contributed by atoms with van der Waals surface area (Å²) in [5.74, 6) is -0.379. The first kappa shape index (κ1) is 19.0. The van der Waals surface area contributed by atoms with E-state index >= 15 is 0 Å². The van der Waals surface area contributed by atoms with E-state index in [0.717, 1.165) is 27.4 Å². The fourth-order valence-corrected chi connectivity index (χ4v) is 4.41. The highest BCUT2D eigenvalue weighted by atomic mass is 16.2. The maximum Gasteiger partial charge on any atom is 0.325 e. The summed E-state index contributed by atoms with van der Waals surface area (Å²) >= 11 is 0. The third-order valence-electron chi connectivity index (χ3n) is 5.82. The number of nitrogens with one attached hydrogen (secondary N) is 2. The molecule has 1 aliphatic heterocycles. The number of aromatic nitrogens is 2. The molecular weight excluding hydrogens is 394 g/mol.